The first-order valence-corrected chi connectivity index (χ1v) is 14.8. The minimum atomic E-state index is -3.23. The summed E-state index contributed by atoms with van der Waals surface area (Å²) in [6.45, 7) is 8.79. The highest BCUT2D eigenvalue weighted by Crippen LogP contribution is 2.33. The number of sulfone groups is 1. The average Bonchev–Trinajstić information content (AvgIpc) is 3.22. The maximum atomic E-state index is 11.8. The van der Waals surface area contributed by atoms with Gasteiger partial charge in [0.2, 0.25) is 0 Å². The normalized spacial score (nSPS) is 15.5. The van der Waals surface area contributed by atoms with Crippen LogP contribution in [-0.2, 0) is 16.9 Å². The van der Waals surface area contributed by atoms with Crippen LogP contribution in [0.3, 0.4) is 0 Å². The molecule has 0 atom stereocenters. The fourth-order valence-corrected chi connectivity index (χ4v) is 5.86. The molecule has 0 N–H and O–H groups in total. The Morgan fingerprint density at radius 2 is 1.54 bits per heavy atom. The first kappa shape index (κ1) is 25.5. The number of fused-ring (bicyclic) bond motifs is 1. The van der Waals surface area contributed by atoms with Crippen LogP contribution >= 0.6 is 0 Å². The molecule has 0 amide bonds. The summed E-state index contributed by atoms with van der Waals surface area (Å²) in [5, 5.41) is 0. The van der Waals surface area contributed by atoms with Crippen molar-refractivity contribution in [1.82, 2.24) is 14.5 Å². The molecule has 0 unspecified atom stereocenters. The van der Waals surface area contributed by atoms with Gasteiger partial charge in [0.15, 0.2) is 9.84 Å². The monoisotopic (exact) mass is 517 g/mol. The number of likely N-dealkylation sites (tertiary alicyclic amines) is 1. The Kier molecular flexibility index (Phi) is 6.86. The fourth-order valence-electron chi connectivity index (χ4n) is 5.23. The Balaban J connectivity index is 1.37. The molecule has 1 saturated heterocycles. The topological polar surface area (TPSA) is 64.4 Å². The second-order valence-electron chi connectivity index (χ2n) is 10.4. The SMILES string of the molecule is Cc1c(-c2ccc(OC3CCN(C(C)C)CC3)cc2)ccc2c1nc(-c1ccc(S(C)(=O)=O)cc1)n2C. The Hall–Kier alpha value is -3.16. The van der Waals surface area contributed by atoms with E-state index in [9.17, 15) is 8.42 Å². The summed E-state index contributed by atoms with van der Waals surface area (Å²) in [4.78, 5) is 7.78. The third-order valence-electron chi connectivity index (χ3n) is 7.52. The lowest BCUT2D eigenvalue weighted by molar-refractivity contribution is 0.0843. The Morgan fingerprint density at radius 1 is 0.919 bits per heavy atom. The molecule has 3 aromatic carbocycles. The van der Waals surface area contributed by atoms with Crippen LogP contribution in [0.4, 0.5) is 0 Å². The van der Waals surface area contributed by atoms with E-state index in [2.05, 4.69) is 66.6 Å². The highest BCUT2D eigenvalue weighted by atomic mass is 32.2. The van der Waals surface area contributed by atoms with Crippen molar-refractivity contribution in [3.63, 3.8) is 0 Å². The minimum absolute atomic E-state index is 0.275. The van der Waals surface area contributed by atoms with E-state index in [1.54, 1.807) is 12.1 Å². The van der Waals surface area contributed by atoms with E-state index in [-0.39, 0.29) is 6.10 Å². The second kappa shape index (κ2) is 9.95. The van der Waals surface area contributed by atoms with Crippen molar-refractivity contribution in [2.24, 2.45) is 7.05 Å². The lowest BCUT2D eigenvalue weighted by Gasteiger charge is -2.34. The lowest BCUT2D eigenvalue weighted by atomic mass is 9.99. The van der Waals surface area contributed by atoms with Gasteiger partial charge in [0, 0.05) is 38.0 Å². The van der Waals surface area contributed by atoms with E-state index in [1.807, 2.05) is 19.2 Å². The molecule has 37 heavy (non-hydrogen) atoms. The molecule has 0 spiro atoms. The summed E-state index contributed by atoms with van der Waals surface area (Å²) >= 11 is 0. The largest absolute Gasteiger partial charge is 0.490 e. The van der Waals surface area contributed by atoms with Crippen molar-refractivity contribution in [3.8, 4) is 28.3 Å². The molecule has 4 aromatic rings. The van der Waals surface area contributed by atoms with Crippen molar-refractivity contribution >= 4 is 20.9 Å². The molecule has 7 heteroatoms. The summed E-state index contributed by atoms with van der Waals surface area (Å²) in [5.74, 6) is 1.73. The Labute approximate surface area is 219 Å². The molecule has 1 fully saturated rings. The molecule has 1 aromatic heterocycles. The van der Waals surface area contributed by atoms with Crippen LogP contribution in [0.5, 0.6) is 5.75 Å². The molecular weight excluding hydrogens is 482 g/mol. The maximum absolute atomic E-state index is 11.8. The Morgan fingerprint density at radius 3 is 2.14 bits per heavy atom. The number of ether oxygens (including phenoxy) is 1. The predicted octanol–water partition coefficient (Wildman–Crippen LogP) is 5.87. The van der Waals surface area contributed by atoms with E-state index in [0.29, 0.717) is 10.9 Å². The number of benzene rings is 3. The summed E-state index contributed by atoms with van der Waals surface area (Å²) in [6.07, 6.45) is 3.62. The number of aromatic nitrogens is 2. The molecule has 0 radical (unpaired) electrons. The highest BCUT2D eigenvalue weighted by Gasteiger charge is 2.22. The van der Waals surface area contributed by atoms with E-state index >= 15 is 0 Å². The summed E-state index contributed by atoms with van der Waals surface area (Å²) in [7, 11) is -1.24. The Bertz CT molecular complexity index is 1510. The van der Waals surface area contributed by atoms with Gasteiger partial charge in [0.25, 0.3) is 0 Å². The zero-order valence-electron chi connectivity index (χ0n) is 22.2. The number of nitrogens with zero attached hydrogens (tertiary/aromatic N) is 3. The summed E-state index contributed by atoms with van der Waals surface area (Å²) < 4.78 is 32.0. The van der Waals surface area contributed by atoms with Crippen LogP contribution in [0.25, 0.3) is 33.5 Å². The van der Waals surface area contributed by atoms with E-state index in [0.717, 1.165) is 70.8 Å². The molecule has 0 aliphatic carbocycles. The number of hydrogen-bond donors (Lipinski definition) is 0. The highest BCUT2D eigenvalue weighted by molar-refractivity contribution is 7.90. The van der Waals surface area contributed by atoms with E-state index in [1.165, 1.54) is 6.26 Å². The van der Waals surface area contributed by atoms with E-state index in [4.69, 9.17) is 9.72 Å². The first-order chi connectivity index (χ1) is 17.6. The molecule has 194 valence electrons. The molecule has 0 bridgehead atoms. The zero-order chi connectivity index (χ0) is 26.3. The maximum Gasteiger partial charge on any atom is 0.175 e. The van der Waals surface area contributed by atoms with Gasteiger partial charge >= 0.3 is 0 Å². The zero-order valence-corrected chi connectivity index (χ0v) is 23.0. The molecule has 6 nitrogen and oxygen atoms in total. The number of piperidine rings is 1. The number of aryl methyl sites for hydroxylation is 2. The fraction of sp³-hybridized carbons (Fsp3) is 0.367. The molecule has 5 rings (SSSR count). The third-order valence-corrected chi connectivity index (χ3v) is 8.65. The summed E-state index contributed by atoms with van der Waals surface area (Å²) in [5.41, 5.74) is 6.25. The van der Waals surface area contributed by atoms with Crippen LogP contribution in [0, 0.1) is 6.92 Å². The number of imidazole rings is 1. The van der Waals surface area contributed by atoms with Crippen molar-refractivity contribution < 1.29 is 13.2 Å². The van der Waals surface area contributed by atoms with Crippen LogP contribution < -0.4 is 4.74 Å². The van der Waals surface area contributed by atoms with Gasteiger partial charge in [-0.2, -0.15) is 0 Å². The second-order valence-corrected chi connectivity index (χ2v) is 12.4. The van der Waals surface area contributed by atoms with Crippen molar-refractivity contribution in [2.75, 3.05) is 19.3 Å². The molecule has 0 saturated carbocycles. The number of hydrogen-bond acceptors (Lipinski definition) is 5. The van der Waals surface area contributed by atoms with Crippen molar-refractivity contribution in [2.45, 2.75) is 50.7 Å². The van der Waals surface area contributed by atoms with Crippen molar-refractivity contribution in [1.29, 1.82) is 0 Å². The van der Waals surface area contributed by atoms with Gasteiger partial charge in [-0.15, -0.1) is 0 Å². The molecular formula is C30H35N3O3S. The van der Waals surface area contributed by atoms with Crippen LogP contribution in [0.1, 0.15) is 32.3 Å². The predicted molar refractivity (Wildman–Crippen MR) is 150 cm³/mol. The molecule has 1 aliphatic heterocycles. The van der Waals surface area contributed by atoms with Gasteiger partial charge in [0.05, 0.1) is 15.9 Å². The molecule has 1 aliphatic rings. The average molecular weight is 518 g/mol. The van der Waals surface area contributed by atoms with Gasteiger partial charge in [0.1, 0.15) is 17.7 Å². The van der Waals surface area contributed by atoms with Crippen LogP contribution in [0.2, 0.25) is 0 Å². The van der Waals surface area contributed by atoms with Gasteiger partial charge in [-0.05, 0) is 92.8 Å². The smallest absolute Gasteiger partial charge is 0.175 e. The van der Waals surface area contributed by atoms with E-state index < -0.39 is 9.84 Å². The van der Waals surface area contributed by atoms with Crippen molar-refractivity contribution in [3.05, 3.63) is 66.2 Å². The third kappa shape index (κ3) is 5.15. The van der Waals surface area contributed by atoms with Gasteiger partial charge in [-0.1, -0.05) is 18.2 Å². The minimum Gasteiger partial charge on any atom is -0.490 e. The standard InChI is InChI=1S/C30H35N3O3S/c1-20(2)33-18-16-25(17-19-33)36-24-10-6-22(7-11-24)27-14-15-28-29(21(27)3)31-30(32(28)4)23-8-12-26(13-9-23)37(5,34)35/h6-15,20,25H,16-19H2,1-5H3. The quantitative estimate of drug-likeness (QED) is 0.320. The van der Waals surface area contributed by atoms with Gasteiger partial charge in [-0.25, -0.2) is 13.4 Å². The van der Waals surface area contributed by atoms with Gasteiger partial charge in [-0.3, -0.25) is 0 Å². The van der Waals surface area contributed by atoms with Gasteiger partial charge < -0.3 is 14.2 Å². The number of rotatable bonds is 6. The van der Waals surface area contributed by atoms with Crippen LogP contribution in [-0.4, -0.2) is 54.4 Å². The summed E-state index contributed by atoms with van der Waals surface area (Å²) in [6, 6.07) is 20.1. The molecule has 2 heterocycles. The first-order valence-electron chi connectivity index (χ1n) is 12.9. The lowest BCUT2D eigenvalue weighted by Crippen LogP contribution is -2.41. The van der Waals surface area contributed by atoms with Crippen LogP contribution in [0.15, 0.2) is 65.6 Å².